The number of rotatable bonds is 3. The highest BCUT2D eigenvalue weighted by Gasteiger charge is 2.10. The summed E-state index contributed by atoms with van der Waals surface area (Å²) in [6, 6.07) is 16.1. The number of carbonyl (C=O) groups is 1. The molecule has 0 bridgehead atoms. The van der Waals surface area contributed by atoms with Gasteiger partial charge in [0, 0.05) is 10.7 Å². The molecule has 1 amide bonds. The molecule has 2 rings (SSSR count). The number of amides is 1. The molecule has 7 heteroatoms. The number of nitrogens with zero attached hydrogens (tertiary/aromatic N) is 1. The van der Waals surface area contributed by atoms with Gasteiger partial charge in [0.2, 0.25) is 0 Å². The third kappa shape index (κ3) is 5.39. The second-order valence-corrected chi connectivity index (χ2v) is 5.44. The number of benzene rings is 2. The van der Waals surface area contributed by atoms with Crippen LogP contribution in [0.1, 0.15) is 5.56 Å². The van der Waals surface area contributed by atoms with Crippen molar-refractivity contribution in [3.63, 3.8) is 0 Å². The van der Waals surface area contributed by atoms with Crippen molar-refractivity contribution >= 4 is 46.6 Å². The van der Waals surface area contributed by atoms with Crippen LogP contribution in [0.3, 0.4) is 0 Å². The Balaban J connectivity index is 1.93. The van der Waals surface area contributed by atoms with Gasteiger partial charge >= 0.3 is 0 Å². The molecule has 0 heterocycles. The van der Waals surface area contributed by atoms with E-state index in [9.17, 15) is 4.79 Å². The van der Waals surface area contributed by atoms with E-state index in [0.717, 1.165) is 5.69 Å². The number of hydrazine groups is 1. The van der Waals surface area contributed by atoms with Gasteiger partial charge < -0.3 is 5.32 Å². The summed E-state index contributed by atoms with van der Waals surface area (Å²) in [6.45, 7) is 7.14. The molecule has 24 heavy (non-hydrogen) atoms. The van der Waals surface area contributed by atoms with Gasteiger partial charge in [-0.05, 0) is 48.1 Å². The van der Waals surface area contributed by atoms with Crippen molar-refractivity contribution in [3.05, 3.63) is 82.3 Å². The van der Waals surface area contributed by atoms with Crippen LogP contribution < -0.4 is 16.2 Å². The van der Waals surface area contributed by atoms with Gasteiger partial charge in [-0.3, -0.25) is 15.6 Å². The number of thiocarbonyl (C=S) groups is 1. The minimum absolute atomic E-state index is 0.0765. The van der Waals surface area contributed by atoms with Crippen LogP contribution in [0, 0.1) is 6.57 Å². The van der Waals surface area contributed by atoms with Crippen molar-refractivity contribution in [2.75, 3.05) is 5.32 Å². The number of para-hydroxylation sites is 1. The summed E-state index contributed by atoms with van der Waals surface area (Å²) in [4.78, 5) is 15.3. The number of hydrogen-bond donors (Lipinski definition) is 3. The molecule has 0 aliphatic heterocycles. The summed E-state index contributed by atoms with van der Waals surface area (Å²) in [7, 11) is 0. The summed E-state index contributed by atoms with van der Waals surface area (Å²) in [5.74, 6) is -0.586. The lowest BCUT2D eigenvalue weighted by Crippen LogP contribution is -2.44. The van der Waals surface area contributed by atoms with E-state index in [1.165, 1.54) is 6.08 Å². The molecule has 0 unspecified atom stereocenters. The first-order valence-corrected chi connectivity index (χ1v) is 7.64. The maximum absolute atomic E-state index is 12.0. The van der Waals surface area contributed by atoms with E-state index in [1.54, 1.807) is 24.3 Å². The van der Waals surface area contributed by atoms with Gasteiger partial charge in [0.25, 0.3) is 11.6 Å². The van der Waals surface area contributed by atoms with Gasteiger partial charge in [-0.25, -0.2) is 4.85 Å². The maximum atomic E-state index is 12.0. The van der Waals surface area contributed by atoms with Crippen LogP contribution in [-0.4, -0.2) is 11.0 Å². The van der Waals surface area contributed by atoms with Crippen molar-refractivity contribution in [3.8, 4) is 0 Å². The highest BCUT2D eigenvalue weighted by Crippen LogP contribution is 2.13. The zero-order valence-corrected chi connectivity index (χ0v) is 14.0. The number of anilines is 1. The molecule has 2 aromatic carbocycles. The first-order valence-electron chi connectivity index (χ1n) is 6.85. The summed E-state index contributed by atoms with van der Waals surface area (Å²) < 4.78 is 0. The zero-order chi connectivity index (χ0) is 17.4. The molecular formula is C17H13ClN4OS. The van der Waals surface area contributed by atoms with Crippen LogP contribution in [0.15, 0.2) is 60.3 Å². The van der Waals surface area contributed by atoms with Gasteiger partial charge in [-0.2, -0.15) is 0 Å². The Kier molecular flexibility index (Phi) is 6.32. The Hall–Kier alpha value is -2.88. The summed E-state index contributed by atoms with van der Waals surface area (Å²) in [5.41, 5.74) is 6.35. The zero-order valence-electron chi connectivity index (χ0n) is 12.4. The van der Waals surface area contributed by atoms with Gasteiger partial charge in [-0.15, -0.1) is 0 Å². The Morgan fingerprint density at radius 1 is 1.08 bits per heavy atom. The Morgan fingerprint density at radius 2 is 1.75 bits per heavy atom. The van der Waals surface area contributed by atoms with Gasteiger partial charge in [0.15, 0.2) is 5.11 Å². The van der Waals surface area contributed by atoms with Crippen LogP contribution in [0.5, 0.6) is 0 Å². The topological polar surface area (TPSA) is 57.5 Å². The van der Waals surface area contributed by atoms with Crippen molar-refractivity contribution < 1.29 is 4.79 Å². The van der Waals surface area contributed by atoms with Crippen LogP contribution in [0.4, 0.5) is 5.69 Å². The van der Waals surface area contributed by atoms with Crippen LogP contribution in [-0.2, 0) is 4.79 Å². The minimum atomic E-state index is -0.586. The predicted octanol–water partition coefficient (Wildman–Crippen LogP) is 3.62. The fourth-order valence-corrected chi connectivity index (χ4v) is 2.02. The average molecular weight is 357 g/mol. The molecule has 0 atom stereocenters. The molecule has 0 saturated heterocycles. The molecule has 0 saturated carbocycles. The lowest BCUT2D eigenvalue weighted by Gasteiger charge is -2.11. The van der Waals surface area contributed by atoms with Gasteiger partial charge in [-0.1, -0.05) is 41.9 Å². The third-order valence-electron chi connectivity index (χ3n) is 2.85. The maximum Gasteiger partial charge on any atom is 0.268 e. The van der Waals surface area contributed by atoms with E-state index in [2.05, 4.69) is 21.0 Å². The Bertz CT molecular complexity index is 798. The van der Waals surface area contributed by atoms with Crippen LogP contribution in [0.2, 0.25) is 5.02 Å². The normalized spacial score (nSPS) is 10.4. The predicted molar refractivity (Wildman–Crippen MR) is 100.0 cm³/mol. The molecule has 0 aliphatic rings. The van der Waals surface area contributed by atoms with E-state index in [0.29, 0.717) is 10.6 Å². The number of nitrogens with one attached hydrogen (secondary N) is 3. The summed E-state index contributed by atoms with van der Waals surface area (Å²) in [6.07, 6.45) is 1.47. The molecule has 0 spiro atoms. The molecule has 2 aromatic rings. The lowest BCUT2D eigenvalue weighted by atomic mass is 10.2. The first-order chi connectivity index (χ1) is 11.6. The molecule has 0 radical (unpaired) electrons. The van der Waals surface area contributed by atoms with Gasteiger partial charge in [0.05, 0.1) is 6.57 Å². The second kappa shape index (κ2) is 8.67. The van der Waals surface area contributed by atoms with E-state index < -0.39 is 5.91 Å². The quantitative estimate of drug-likeness (QED) is 0.340. The van der Waals surface area contributed by atoms with Crippen molar-refractivity contribution in [1.82, 2.24) is 10.9 Å². The summed E-state index contributed by atoms with van der Waals surface area (Å²) in [5, 5.41) is 3.70. The highest BCUT2D eigenvalue weighted by atomic mass is 35.5. The molecule has 5 nitrogen and oxygen atoms in total. The number of hydrogen-bond acceptors (Lipinski definition) is 2. The number of carbonyl (C=O) groups excluding carboxylic acids is 1. The average Bonchev–Trinajstić information content (AvgIpc) is 2.60. The SMILES string of the molecule is [C-]#[N+]/C(=C/c1ccc(Cl)cc1)C(=O)NNC(=S)Nc1ccccc1. The van der Waals surface area contributed by atoms with Crippen LogP contribution in [0.25, 0.3) is 10.9 Å². The van der Waals surface area contributed by atoms with E-state index in [4.69, 9.17) is 30.4 Å². The van der Waals surface area contributed by atoms with Gasteiger partial charge in [0.1, 0.15) is 0 Å². The molecule has 0 aliphatic carbocycles. The van der Waals surface area contributed by atoms with Crippen molar-refractivity contribution in [1.29, 1.82) is 0 Å². The molecule has 0 fully saturated rings. The second-order valence-electron chi connectivity index (χ2n) is 4.59. The minimum Gasteiger partial charge on any atom is -0.331 e. The third-order valence-corrected chi connectivity index (χ3v) is 3.30. The largest absolute Gasteiger partial charge is 0.331 e. The molecule has 120 valence electrons. The number of halogens is 1. The fraction of sp³-hybridized carbons (Fsp3) is 0. The molecule has 0 aromatic heterocycles. The highest BCUT2D eigenvalue weighted by molar-refractivity contribution is 7.80. The lowest BCUT2D eigenvalue weighted by molar-refractivity contribution is -0.117. The summed E-state index contributed by atoms with van der Waals surface area (Å²) >= 11 is 10.9. The van der Waals surface area contributed by atoms with Crippen molar-refractivity contribution in [2.45, 2.75) is 0 Å². The monoisotopic (exact) mass is 356 g/mol. The van der Waals surface area contributed by atoms with Crippen LogP contribution >= 0.6 is 23.8 Å². The smallest absolute Gasteiger partial charge is 0.268 e. The molecular weight excluding hydrogens is 344 g/mol. The van der Waals surface area contributed by atoms with E-state index in [1.807, 2.05) is 30.3 Å². The van der Waals surface area contributed by atoms with E-state index in [-0.39, 0.29) is 10.8 Å². The Morgan fingerprint density at radius 3 is 2.38 bits per heavy atom. The van der Waals surface area contributed by atoms with Crippen molar-refractivity contribution in [2.24, 2.45) is 0 Å². The Labute approximate surface area is 150 Å². The molecule has 3 N–H and O–H groups in total. The first kappa shape index (κ1) is 17.5. The fourth-order valence-electron chi connectivity index (χ4n) is 1.73. The standard InChI is InChI=1S/C17H13ClN4OS/c1-19-15(11-12-7-9-13(18)10-8-12)16(23)21-22-17(24)20-14-5-3-2-4-6-14/h2-11H,(H,21,23)(H2,20,22,24)/b15-11+. The van der Waals surface area contributed by atoms with E-state index >= 15 is 0 Å².